The van der Waals surface area contributed by atoms with E-state index in [1.54, 1.807) is 0 Å². The van der Waals surface area contributed by atoms with Gasteiger partial charge < -0.3 is 5.11 Å². The minimum absolute atomic E-state index is 0.250. The Balaban J connectivity index is 2.58. The van der Waals surface area contributed by atoms with Crippen LogP contribution in [0.3, 0.4) is 0 Å². The maximum absolute atomic E-state index is 13.7. The average Bonchev–Trinajstić information content (AvgIpc) is 2.73. The zero-order valence-corrected chi connectivity index (χ0v) is 8.48. The lowest BCUT2D eigenvalue weighted by atomic mass is 10.2. The van der Waals surface area contributed by atoms with Gasteiger partial charge in [0.15, 0.2) is 11.6 Å². The summed E-state index contributed by atoms with van der Waals surface area (Å²) in [6.07, 6.45) is 1.28. The maximum atomic E-state index is 13.7. The standard InChI is InChI=1S/C10H9F2N3O/c1-6-2-3-8(11)10(9(6)12)15-4-7(5-16)13-14-15/h2-4,16H,5H2,1H3. The molecule has 1 aromatic carbocycles. The largest absolute Gasteiger partial charge is 0.390 e. The molecule has 4 nitrogen and oxygen atoms in total. The van der Waals surface area contributed by atoms with Crippen LogP contribution in [-0.4, -0.2) is 20.1 Å². The van der Waals surface area contributed by atoms with Gasteiger partial charge in [0.05, 0.1) is 12.8 Å². The Kier molecular flexibility index (Phi) is 2.66. The first-order valence-corrected chi connectivity index (χ1v) is 4.60. The Morgan fingerprint density at radius 3 is 2.75 bits per heavy atom. The van der Waals surface area contributed by atoms with Gasteiger partial charge in [0.25, 0.3) is 0 Å². The van der Waals surface area contributed by atoms with Crippen LogP contribution < -0.4 is 0 Å². The van der Waals surface area contributed by atoms with Crippen molar-refractivity contribution in [1.82, 2.24) is 15.0 Å². The van der Waals surface area contributed by atoms with Crippen LogP contribution in [-0.2, 0) is 6.61 Å². The van der Waals surface area contributed by atoms with Gasteiger partial charge in [0.1, 0.15) is 11.4 Å². The summed E-state index contributed by atoms with van der Waals surface area (Å²) in [5.74, 6) is -1.41. The molecule has 0 aliphatic carbocycles. The summed E-state index contributed by atoms with van der Waals surface area (Å²) in [5, 5.41) is 15.9. The van der Waals surface area contributed by atoms with E-state index in [0.29, 0.717) is 5.56 Å². The molecule has 0 aliphatic heterocycles. The molecule has 0 bridgehead atoms. The van der Waals surface area contributed by atoms with E-state index in [1.807, 2.05) is 0 Å². The molecule has 0 amide bonds. The highest BCUT2D eigenvalue weighted by atomic mass is 19.1. The smallest absolute Gasteiger partial charge is 0.154 e. The molecule has 1 N–H and O–H groups in total. The third kappa shape index (κ3) is 1.67. The minimum Gasteiger partial charge on any atom is -0.390 e. The van der Waals surface area contributed by atoms with Crippen molar-refractivity contribution in [3.63, 3.8) is 0 Å². The van der Waals surface area contributed by atoms with Crippen LogP contribution in [0.1, 0.15) is 11.3 Å². The lowest BCUT2D eigenvalue weighted by Gasteiger charge is -2.05. The molecule has 6 heteroatoms. The second-order valence-electron chi connectivity index (χ2n) is 3.34. The monoisotopic (exact) mass is 225 g/mol. The van der Waals surface area contributed by atoms with Crippen LogP contribution in [0, 0.1) is 18.6 Å². The number of hydrogen-bond donors (Lipinski definition) is 1. The number of aromatic nitrogens is 3. The Morgan fingerprint density at radius 1 is 1.38 bits per heavy atom. The highest BCUT2D eigenvalue weighted by molar-refractivity contribution is 5.38. The number of halogens is 2. The van der Waals surface area contributed by atoms with Gasteiger partial charge >= 0.3 is 0 Å². The first-order chi connectivity index (χ1) is 7.63. The molecular formula is C10H9F2N3O. The summed E-state index contributed by atoms with van der Waals surface area (Å²) in [5.41, 5.74) is 0.282. The van der Waals surface area contributed by atoms with Crippen molar-refractivity contribution in [1.29, 1.82) is 0 Å². The molecule has 0 saturated heterocycles. The molecule has 1 aromatic heterocycles. The van der Waals surface area contributed by atoms with E-state index >= 15 is 0 Å². The summed E-state index contributed by atoms with van der Waals surface area (Å²) in [6.45, 7) is 1.21. The topological polar surface area (TPSA) is 50.9 Å². The van der Waals surface area contributed by atoms with Crippen LogP contribution in [0.15, 0.2) is 18.3 Å². The zero-order chi connectivity index (χ0) is 11.7. The van der Waals surface area contributed by atoms with Crippen molar-refractivity contribution in [2.75, 3.05) is 0 Å². The van der Waals surface area contributed by atoms with E-state index in [2.05, 4.69) is 10.3 Å². The number of rotatable bonds is 2. The lowest BCUT2D eigenvalue weighted by Crippen LogP contribution is -2.03. The Hall–Kier alpha value is -1.82. The third-order valence-electron chi connectivity index (χ3n) is 2.19. The summed E-state index contributed by atoms with van der Waals surface area (Å²) in [7, 11) is 0. The molecule has 0 unspecified atom stereocenters. The molecule has 1 heterocycles. The van der Waals surface area contributed by atoms with Gasteiger partial charge in [-0.2, -0.15) is 0 Å². The maximum Gasteiger partial charge on any atom is 0.154 e. The Morgan fingerprint density at radius 2 is 2.12 bits per heavy atom. The SMILES string of the molecule is Cc1ccc(F)c(-n2cc(CO)nn2)c1F. The number of benzene rings is 1. The van der Waals surface area contributed by atoms with Crippen molar-refractivity contribution in [3.8, 4) is 5.69 Å². The number of hydrogen-bond acceptors (Lipinski definition) is 3. The highest BCUT2D eigenvalue weighted by Gasteiger charge is 2.14. The summed E-state index contributed by atoms with van der Waals surface area (Å²) < 4.78 is 28.1. The lowest BCUT2D eigenvalue weighted by molar-refractivity contribution is 0.276. The predicted molar refractivity (Wildman–Crippen MR) is 51.9 cm³/mol. The van der Waals surface area contributed by atoms with E-state index < -0.39 is 11.6 Å². The second kappa shape index (κ2) is 3.97. The first-order valence-electron chi connectivity index (χ1n) is 4.60. The van der Waals surface area contributed by atoms with Crippen molar-refractivity contribution in [2.24, 2.45) is 0 Å². The van der Waals surface area contributed by atoms with Crippen molar-refractivity contribution >= 4 is 0 Å². The molecule has 0 aliphatic rings. The molecular weight excluding hydrogens is 216 g/mol. The van der Waals surface area contributed by atoms with E-state index in [-0.39, 0.29) is 18.0 Å². The second-order valence-corrected chi connectivity index (χ2v) is 3.34. The van der Waals surface area contributed by atoms with Gasteiger partial charge in [-0.1, -0.05) is 11.3 Å². The summed E-state index contributed by atoms with van der Waals surface area (Å²) >= 11 is 0. The molecule has 0 fully saturated rings. The van der Waals surface area contributed by atoms with Gasteiger partial charge in [0.2, 0.25) is 0 Å². The predicted octanol–water partition coefficient (Wildman–Crippen LogP) is 1.35. The normalized spacial score (nSPS) is 10.8. The van der Waals surface area contributed by atoms with Gasteiger partial charge in [-0.05, 0) is 18.6 Å². The fraction of sp³-hybridized carbons (Fsp3) is 0.200. The molecule has 0 saturated carbocycles. The number of nitrogens with zero attached hydrogens (tertiary/aromatic N) is 3. The fourth-order valence-corrected chi connectivity index (χ4v) is 1.33. The molecule has 0 radical (unpaired) electrons. The number of aryl methyl sites for hydroxylation is 1. The Bertz CT molecular complexity index is 525. The molecule has 84 valence electrons. The van der Waals surface area contributed by atoms with Gasteiger partial charge in [-0.3, -0.25) is 0 Å². The van der Waals surface area contributed by atoms with Gasteiger partial charge in [0, 0.05) is 0 Å². The van der Waals surface area contributed by atoms with Crippen LogP contribution >= 0.6 is 0 Å². The quantitative estimate of drug-likeness (QED) is 0.839. The van der Waals surface area contributed by atoms with Gasteiger partial charge in [-0.15, -0.1) is 5.10 Å². The Labute approximate surface area is 90.1 Å². The van der Waals surface area contributed by atoms with Crippen LogP contribution in [0.25, 0.3) is 5.69 Å². The third-order valence-corrected chi connectivity index (χ3v) is 2.19. The fourth-order valence-electron chi connectivity index (χ4n) is 1.33. The van der Waals surface area contributed by atoms with E-state index in [4.69, 9.17) is 5.11 Å². The van der Waals surface area contributed by atoms with Crippen LogP contribution in [0.4, 0.5) is 8.78 Å². The molecule has 2 aromatic rings. The minimum atomic E-state index is -0.725. The number of aliphatic hydroxyl groups is 1. The first kappa shape index (κ1) is 10.7. The van der Waals surface area contributed by atoms with E-state index in [9.17, 15) is 8.78 Å². The number of aliphatic hydroxyl groups excluding tert-OH is 1. The summed E-state index contributed by atoms with van der Waals surface area (Å²) in [4.78, 5) is 0. The molecule has 2 rings (SSSR count). The molecule has 0 spiro atoms. The molecule has 0 atom stereocenters. The van der Waals surface area contributed by atoms with E-state index in [0.717, 1.165) is 10.7 Å². The van der Waals surface area contributed by atoms with Crippen LogP contribution in [0.5, 0.6) is 0 Å². The molecule has 16 heavy (non-hydrogen) atoms. The van der Waals surface area contributed by atoms with Crippen molar-refractivity contribution in [3.05, 3.63) is 41.2 Å². The van der Waals surface area contributed by atoms with Crippen LogP contribution in [0.2, 0.25) is 0 Å². The van der Waals surface area contributed by atoms with E-state index in [1.165, 1.54) is 19.2 Å². The zero-order valence-electron chi connectivity index (χ0n) is 8.48. The van der Waals surface area contributed by atoms with Crippen molar-refractivity contribution in [2.45, 2.75) is 13.5 Å². The van der Waals surface area contributed by atoms with Crippen molar-refractivity contribution < 1.29 is 13.9 Å². The summed E-state index contributed by atoms with van der Waals surface area (Å²) in [6, 6.07) is 2.51. The highest BCUT2D eigenvalue weighted by Crippen LogP contribution is 2.19. The average molecular weight is 225 g/mol. The van der Waals surface area contributed by atoms with Gasteiger partial charge in [-0.25, -0.2) is 13.5 Å².